The molecule has 0 aliphatic rings. The molecule has 3 rings (SSSR count). The maximum atomic E-state index is 9.26. The van der Waals surface area contributed by atoms with Crippen molar-refractivity contribution in [2.45, 2.75) is 0 Å². The molecule has 2 aromatic carbocycles. The Morgan fingerprint density at radius 3 is 2.68 bits per heavy atom. The first-order valence-corrected chi connectivity index (χ1v) is 6.63. The van der Waals surface area contributed by atoms with Crippen LogP contribution in [0.4, 0.5) is 5.69 Å². The Hall–Kier alpha value is -3.33. The summed E-state index contributed by atoms with van der Waals surface area (Å²) in [5, 5.41) is 13.4. The van der Waals surface area contributed by atoms with E-state index in [-0.39, 0.29) is 5.71 Å². The molecule has 6 nitrogen and oxygen atoms in total. The van der Waals surface area contributed by atoms with E-state index in [4.69, 9.17) is 4.74 Å². The first-order chi connectivity index (χ1) is 10.8. The Balaban J connectivity index is 1.84. The van der Waals surface area contributed by atoms with Crippen LogP contribution in [0.1, 0.15) is 5.82 Å². The van der Waals surface area contributed by atoms with E-state index in [0.717, 1.165) is 22.5 Å². The topological polar surface area (TPSA) is 86.1 Å². The van der Waals surface area contributed by atoms with Crippen molar-refractivity contribution in [2.24, 2.45) is 5.10 Å². The zero-order valence-corrected chi connectivity index (χ0v) is 11.9. The van der Waals surface area contributed by atoms with Crippen molar-refractivity contribution in [3.8, 4) is 11.8 Å². The van der Waals surface area contributed by atoms with Crippen LogP contribution in [0.15, 0.2) is 53.6 Å². The lowest BCUT2D eigenvalue weighted by Crippen LogP contribution is -2.03. The van der Waals surface area contributed by atoms with Gasteiger partial charge in [-0.15, -0.1) is 0 Å². The molecule has 0 amide bonds. The highest BCUT2D eigenvalue weighted by Gasteiger charge is 2.08. The number of fused-ring (bicyclic) bond motifs is 1. The third-order valence-corrected chi connectivity index (χ3v) is 3.11. The summed E-state index contributed by atoms with van der Waals surface area (Å²) in [6.07, 6.45) is 0. The molecule has 0 spiro atoms. The number of imidazole rings is 1. The average Bonchev–Trinajstić information content (AvgIpc) is 3.00. The minimum atomic E-state index is 0.187. The van der Waals surface area contributed by atoms with Gasteiger partial charge in [0.15, 0.2) is 5.82 Å². The molecule has 0 aliphatic carbocycles. The van der Waals surface area contributed by atoms with E-state index in [1.807, 2.05) is 54.6 Å². The third-order valence-electron chi connectivity index (χ3n) is 3.11. The van der Waals surface area contributed by atoms with Gasteiger partial charge >= 0.3 is 0 Å². The number of aromatic amines is 1. The minimum absolute atomic E-state index is 0.187. The van der Waals surface area contributed by atoms with E-state index >= 15 is 0 Å². The zero-order valence-electron chi connectivity index (χ0n) is 11.9. The first-order valence-electron chi connectivity index (χ1n) is 6.63. The van der Waals surface area contributed by atoms with Gasteiger partial charge in [-0.05, 0) is 36.4 Å². The smallest absolute Gasteiger partial charge is 0.203 e. The molecule has 108 valence electrons. The number of hydrogen-bond acceptors (Lipinski definition) is 5. The van der Waals surface area contributed by atoms with Crippen LogP contribution in [0.3, 0.4) is 0 Å². The van der Waals surface area contributed by atoms with E-state index in [2.05, 4.69) is 20.5 Å². The van der Waals surface area contributed by atoms with E-state index in [1.54, 1.807) is 7.11 Å². The van der Waals surface area contributed by atoms with Crippen molar-refractivity contribution in [2.75, 3.05) is 12.5 Å². The summed E-state index contributed by atoms with van der Waals surface area (Å²) in [5.74, 6) is 1.19. The molecular weight excluding hydrogens is 278 g/mol. The standard InChI is InChI=1S/C16H13N5O/c1-22-12-8-6-11(7-9-12)20-21-15(10-17)16-18-13-4-2-3-5-14(13)19-16/h2-9,20H,1H3,(H,18,19)/b21-15-. The normalized spacial score (nSPS) is 11.2. The van der Waals surface area contributed by atoms with Gasteiger partial charge in [0, 0.05) is 0 Å². The lowest BCUT2D eigenvalue weighted by atomic mass is 10.3. The van der Waals surface area contributed by atoms with Crippen LogP contribution in [0.2, 0.25) is 0 Å². The van der Waals surface area contributed by atoms with Crippen LogP contribution in [0.5, 0.6) is 5.75 Å². The van der Waals surface area contributed by atoms with Crippen LogP contribution in [-0.2, 0) is 0 Å². The van der Waals surface area contributed by atoms with Gasteiger partial charge in [0.1, 0.15) is 11.8 Å². The zero-order chi connectivity index (χ0) is 15.4. The highest BCUT2D eigenvalue weighted by molar-refractivity contribution is 6.10. The van der Waals surface area contributed by atoms with Crippen molar-refractivity contribution in [3.05, 3.63) is 54.4 Å². The predicted octanol–water partition coefficient (Wildman–Crippen LogP) is 2.91. The Kier molecular flexibility index (Phi) is 3.70. The first kappa shape index (κ1) is 13.6. The summed E-state index contributed by atoms with van der Waals surface area (Å²) in [4.78, 5) is 7.43. The SMILES string of the molecule is COc1ccc(N/N=C(/C#N)c2nc3ccccc3[nH]2)cc1. The van der Waals surface area contributed by atoms with Gasteiger partial charge in [-0.1, -0.05) is 12.1 Å². The lowest BCUT2D eigenvalue weighted by molar-refractivity contribution is 0.415. The predicted molar refractivity (Wildman–Crippen MR) is 84.9 cm³/mol. The second kappa shape index (κ2) is 5.97. The highest BCUT2D eigenvalue weighted by Crippen LogP contribution is 2.15. The number of anilines is 1. The number of para-hydroxylation sites is 2. The summed E-state index contributed by atoms with van der Waals surface area (Å²) in [6, 6.07) is 16.9. The van der Waals surface area contributed by atoms with Crippen LogP contribution in [0.25, 0.3) is 11.0 Å². The van der Waals surface area contributed by atoms with Crippen LogP contribution >= 0.6 is 0 Å². The quantitative estimate of drug-likeness (QED) is 0.571. The molecule has 1 heterocycles. The number of H-pyrrole nitrogens is 1. The van der Waals surface area contributed by atoms with Gasteiger partial charge in [-0.25, -0.2) is 4.98 Å². The maximum Gasteiger partial charge on any atom is 0.203 e. The number of nitrogens with zero attached hydrogens (tertiary/aromatic N) is 3. The second-order valence-corrected chi connectivity index (χ2v) is 4.52. The van der Waals surface area contributed by atoms with Crippen molar-refractivity contribution in [1.82, 2.24) is 9.97 Å². The van der Waals surface area contributed by atoms with Gasteiger partial charge in [0.05, 0.1) is 23.8 Å². The molecule has 0 atom stereocenters. The fraction of sp³-hybridized carbons (Fsp3) is 0.0625. The fourth-order valence-electron chi connectivity index (χ4n) is 1.98. The van der Waals surface area contributed by atoms with Crippen LogP contribution in [0, 0.1) is 11.3 Å². The lowest BCUT2D eigenvalue weighted by Gasteiger charge is -2.02. The molecular formula is C16H13N5O. The van der Waals surface area contributed by atoms with Crippen molar-refractivity contribution in [1.29, 1.82) is 5.26 Å². The molecule has 0 saturated heterocycles. The van der Waals surface area contributed by atoms with E-state index in [0.29, 0.717) is 5.82 Å². The maximum absolute atomic E-state index is 9.26. The Morgan fingerprint density at radius 2 is 2.00 bits per heavy atom. The number of ether oxygens (including phenoxy) is 1. The number of hydrazone groups is 1. The number of methoxy groups -OCH3 is 1. The molecule has 22 heavy (non-hydrogen) atoms. The fourth-order valence-corrected chi connectivity index (χ4v) is 1.98. The number of aromatic nitrogens is 2. The van der Waals surface area contributed by atoms with Crippen molar-refractivity contribution in [3.63, 3.8) is 0 Å². The van der Waals surface area contributed by atoms with Gasteiger partial charge in [0.2, 0.25) is 5.71 Å². The average molecular weight is 291 g/mol. The van der Waals surface area contributed by atoms with Gasteiger partial charge in [-0.3, -0.25) is 5.43 Å². The van der Waals surface area contributed by atoms with Crippen molar-refractivity contribution < 1.29 is 4.74 Å². The molecule has 0 saturated carbocycles. The molecule has 2 N–H and O–H groups in total. The molecule has 0 radical (unpaired) electrons. The molecule has 0 bridgehead atoms. The third kappa shape index (κ3) is 2.74. The number of nitriles is 1. The number of rotatable bonds is 4. The Morgan fingerprint density at radius 1 is 1.23 bits per heavy atom. The number of hydrogen-bond donors (Lipinski definition) is 2. The Bertz CT molecular complexity index is 825. The molecule has 0 aliphatic heterocycles. The Labute approximate surface area is 127 Å². The molecule has 3 aromatic rings. The van der Waals surface area contributed by atoms with E-state index < -0.39 is 0 Å². The van der Waals surface area contributed by atoms with E-state index in [9.17, 15) is 5.26 Å². The second-order valence-electron chi connectivity index (χ2n) is 4.52. The van der Waals surface area contributed by atoms with Crippen molar-refractivity contribution >= 4 is 22.4 Å². The highest BCUT2D eigenvalue weighted by atomic mass is 16.5. The molecule has 0 unspecified atom stereocenters. The summed E-state index contributed by atoms with van der Waals surface area (Å²) < 4.78 is 5.09. The summed E-state index contributed by atoms with van der Waals surface area (Å²) in [5.41, 5.74) is 5.44. The summed E-state index contributed by atoms with van der Waals surface area (Å²) in [6.45, 7) is 0. The minimum Gasteiger partial charge on any atom is -0.497 e. The molecule has 0 fully saturated rings. The summed E-state index contributed by atoms with van der Waals surface area (Å²) >= 11 is 0. The molecule has 1 aromatic heterocycles. The van der Waals surface area contributed by atoms with Crippen LogP contribution in [-0.4, -0.2) is 22.8 Å². The largest absolute Gasteiger partial charge is 0.497 e. The number of nitrogens with one attached hydrogen (secondary N) is 2. The van der Waals surface area contributed by atoms with Gasteiger partial charge < -0.3 is 9.72 Å². The van der Waals surface area contributed by atoms with Gasteiger partial charge in [-0.2, -0.15) is 10.4 Å². The number of benzene rings is 2. The summed E-state index contributed by atoms with van der Waals surface area (Å²) in [7, 11) is 1.61. The monoisotopic (exact) mass is 291 g/mol. The molecule has 6 heteroatoms. The van der Waals surface area contributed by atoms with Gasteiger partial charge in [0.25, 0.3) is 0 Å². The van der Waals surface area contributed by atoms with Crippen LogP contribution < -0.4 is 10.2 Å². The van der Waals surface area contributed by atoms with E-state index in [1.165, 1.54) is 0 Å².